The van der Waals surface area contributed by atoms with E-state index < -0.39 is 0 Å². The summed E-state index contributed by atoms with van der Waals surface area (Å²) >= 11 is 1.53. The van der Waals surface area contributed by atoms with Gasteiger partial charge in [-0.1, -0.05) is 23.0 Å². The van der Waals surface area contributed by atoms with Gasteiger partial charge in [0, 0.05) is 17.3 Å². The van der Waals surface area contributed by atoms with Crippen LogP contribution < -0.4 is 20.1 Å². The van der Waals surface area contributed by atoms with Crippen molar-refractivity contribution in [3.8, 4) is 5.75 Å². The van der Waals surface area contributed by atoms with Gasteiger partial charge in [-0.05, 0) is 26.0 Å². The molecule has 3 aromatic rings. The average molecular weight is 402 g/mol. The van der Waals surface area contributed by atoms with Crippen LogP contribution in [-0.4, -0.2) is 47.9 Å². The maximum absolute atomic E-state index is 12.0. The predicted octanol–water partition coefficient (Wildman–Crippen LogP) is -0.740. The highest BCUT2D eigenvalue weighted by Gasteiger charge is 2.25. The molecule has 0 bridgehead atoms. The van der Waals surface area contributed by atoms with Gasteiger partial charge >= 0.3 is 0 Å². The van der Waals surface area contributed by atoms with Crippen molar-refractivity contribution in [2.45, 2.75) is 26.9 Å². The number of methoxy groups -OCH3 is 1. The predicted molar refractivity (Wildman–Crippen MR) is 108 cm³/mol. The molecule has 0 radical (unpaired) electrons. The first-order valence-electron chi connectivity index (χ1n) is 9.69. The molecule has 0 unspecified atom stereocenters. The summed E-state index contributed by atoms with van der Waals surface area (Å²) in [4.78, 5) is 20.3. The maximum atomic E-state index is 12.0. The van der Waals surface area contributed by atoms with Gasteiger partial charge in [-0.2, -0.15) is 9.61 Å². The third-order valence-corrected chi connectivity index (χ3v) is 6.27. The number of aryl methyl sites for hydroxylation is 2. The van der Waals surface area contributed by atoms with Crippen LogP contribution in [0, 0.1) is 13.8 Å². The molecule has 4 rings (SSSR count). The highest BCUT2D eigenvalue weighted by atomic mass is 32.1. The highest BCUT2D eigenvalue weighted by molar-refractivity contribution is 7.16. The van der Waals surface area contributed by atoms with E-state index in [1.165, 1.54) is 37.9 Å². The molecule has 28 heavy (non-hydrogen) atoms. The number of nitrogens with one attached hydrogen (secondary N) is 2. The number of hydrogen-bond acceptors (Lipinski definition) is 5. The Bertz CT molecular complexity index is 1040. The molecule has 0 amide bonds. The van der Waals surface area contributed by atoms with Gasteiger partial charge in [-0.15, -0.1) is 0 Å². The van der Waals surface area contributed by atoms with Gasteiger partial charge in [0.1, 0.15) is 45.0 Å². The number of rotatable bonds is 5. The Morgan fingerprint density at radius 1 is 1.11 bits per heavy atom. The number of benzene rings is 1. The van der Waals surface area contributed by atoms with Crippen molar-refractivity contribution in [3.63, 3.8) is 0 Å². The van der Waals surface area contributed by atoms with E-state index in [4.69, 9.17) is 4.74 Å². The molecule has 1 aliphatic heterocycles. The van der Waals surface area contributed by atoms with E-state index in [9.17, 15) is 4.79 Å². The third-order valence-electron chi connectivity index (χ3n) is 5.36. The first kappa shape index (κ1) is 19.0. The molecule has 1 saturated heterocycles. The van der Waals surface area contributed by atoms with Crippen LogP contribution in [0.4, 0.5) is 0 Å². The number of fused-ring (bicyclic) bond motifs is 1. The zero-order chi connectivity index (χ0) is 19.7. The van der Waals surface area contributed by atoms with Gasteiger partial charge in [-0.25, -0.2) is 4.98 Å². The fraction of sp³-hybridized carbons (Fsp3) is 0.450. The Balaban J connectivity index is 1.38. The molecule has 0 spiro atoms. The average Bonchev–Trinajstić information content (AvgIpc) is 3.06. The minimum absolute atomic E-state index is 0.0960. The third kappa shape index (κ3) is 4.09. The zero-order valence-corrected chi connectivity index (χ0v) is 17.4. The van der Waals surface area contributed by atoms with Crippen molar-refractivity contribution in [3.05, 3.63) is 56.4 Å². The molecule has 1 aliphatic rings. The molecule has 3 heterocycles. The molecule has 1 aromatic carbocycles. The van der Waals surface area contributed by atoms with Gasteiger partial charge in [-0.3, -0.25) is 4.79 Å². The van der Waals surface area contributed by atoms with Crippen LogP contribution >= 0.6 is 11.3 Å². The molecule has 0 atom stereocenters. The van der Waals surface area contributed by atoms with E-state index in [0.29, 0.717) is 4.96 Å². The number of nitrogens with zero attached hydrogens (tertiary/aromatic N) is 3. The second kappa shape index (κ2) is 7.98. The second-order valence-corrected chi connectivity index (χ2v) is 8.64. The number of aromatic nitrogens is 3. The van der Waals surface area contributed by atoms with E-state index >= 15 is 0 Å². The molecule has 2 N–H and O–H groups in total. The monoisotopic (exact) mass is 401 g/mol. The van der Waals surface area contributed by atoms with Crippen molar-refractivity contribution in [1.82, 2.24) is 14.6 Å². The van der Waals surface area contributed by atoms with Crippen molar-refractivity contribution >= 4 is 16.3 Å². The molecule has 8 heteroatoms. The molecule has 1 fully saturated rings. The van der Waals surface area contributed by atoms with Gasteiger partial charge < -0.3 is 14.5 Å². The zero-order valence-electron chi connectivity index (χ0n) is 16.6. The smallest absolute Gasteiger partial charge is 0.275 e. The van der Waals surface area contributed by atoms with Crippen LogP contribution in [0.3, 0.4) is 0 Å². The first-order valence-corrected chi connectivity index (χ1v) is 10.5. The van der Waals surface area contributed by atoms with E-state index in [2.05, 4.69) is 35.2 Å². The molecular formula is C20H27N5O2S+2. The Morgan fingerprint density at radius 3 is 2.54 bits per heavy atom. The minimum atomic E-state index is -0.0960. The van der Waals surface area contributed by atoms with Crippen molar-refractivity contribution < 1.29 is 14.5 Å². The lowest BCUT2D eigenvalue weighted by atomic mass is 10.1. The largest absolute Gasteiger partial charge is 0.496 e. The maximum Gasteiger partial charge on any atom is 0.275 e. The second-order valence-electron chi connectivity index (χ2n) is 7.59. The van der Waals surface area contributed by atoms with Crippen molar-refractivity contribution in [2.24, 2.45) is 0 Å². The summed E-state index contributed by atoms with van der Waals surface area (Å²) < 4.78 is 6.96. The minimum Gasteiger partial charge on any atom is -0.496 e. The summed E-state index contributed by atoms with van der Waals surface area (Å²) in [5.41, 5.74) is 3.21. The highest BCUT2D eigenvalue weighted by Crippen LogP contribution is 2.18. The number of hydrogen-bond donors (Lipinski definition) is 2. The summed E-state index contributed by atoms with van der Waals surface area (Å²) in [7, 11) is 1.74. The topological polar surface area (TPSA) is 65.4 Å². The van der Waals surface area contributed by atoms with Gasteiger partial charge in [0.2, 0.25) is 4.96 Å². The van der Waals surface area contributed by atoms with Crippen LogP contribution in [0.2, 0.25) is 0 Å². The molecule has 2 aromatic heterocycles. The lowest BCUT2D eigenvalue weighted by Gasteiger charge is -2.29. The number of ether oxygens (including phenoxy) is 1. The molecule has 0 saturated carbocycles. The fourth-order valence-corrected chi connectivity index (χ4v) is 4.89. The van der Waals surface area contributed by atoms with Gasteiger partial charge in [0.05, 0.1) is 7.11 Å². The Morgan fingerprint density at radius 2 is 1.82 bits per heavy atom. The lowest BCUT2D eigenvalue weighted by molar-refractivity contribution is -1.02. The summed E-state index contributed by atoms with van der Waals surface area (Å²) in [5, 5.41) is 5.46. The van der Waals surface area contributed by atoms with E-state index in [1.54, 1.807) is 12.0 Å². The van der Waals surface area contributed by atoms with Crippen LogP contribution in [0.1, 0.15) is 21.8 Å². The Kier molecular flexibility index (Phi) is 5.43. The Labute approximate surface area is 168 Å². The first-order chi connectivity index (χ1) is 13.5. The van der Waals surface area contributed by atoms with Crippen LogP contribution in [0.25, 0.3) is 4.96 Å². The van der Waals surface area contributed by atoms with Crippen molar-refractivity contribution in [2.75, 3.05) is 33.3 Å². The molecule has 0 aliphatic carbocycles. The fourth-order valence-electron chi connectivity index (χ4n) is 3.87. The van der Waals surface area contributed by atoms with Gasteiger partial charge in [0.15, 0.2) is 5.01 Å². The summed E-state index contributed by atoms with van der Waals surface area (Å²) in [6.45, 7) is 10.3. The van der Waals surface area contributed by atoms with Crippen molar-refractivity contribution in [1.29, 1.82) is 0 Å². The van der Waals surface area contributed by atoms with E-state index in [-0.39, 0.29) is 5.56 Å². The lowest BCUT2D eigenvalue weighted by Crippen LogP contribution is -3.27. The van der Waals surface area contributed by atoms with Crippen LogP contribution in [0.15, 0.2) is 29.1 Å². The van der Waals surface area contributed by atoms with E-state index in [0.717, 1.165) is 55.7 Å². The molecular weight excluding hydrogens is 374 g/mol. The SMILES string of the molecule is COc1ccc(C)cc1C[NH+]1CC[NH+](Cc2nn3c(=O)cc(C)nc3s2)CC1. The number of quaternary nitrogens is 2. The standard InChI is InChI=1S/C20H25N5O2S/c1-14-4-5-17(27-3)16(10-14)12-23-6-8-24(9-7-23)13-18-22-25-19(26)11-15(2)21-20(25)28-18/h4-5,10-11H,6-9,12-13H2,1-3H3/p+2. The number of piperazine rings is 1. The normalized spacial score (nSPS) is 19.8. The summed E-state index contributed by atoms with van der Waals surface area (Å²) in [6.07, 6.45) is 0. The molecule has 148 valence electrons. The summed E-state index contributed by atoms with van der Waals surface area (Å²) in [5.74, 6) is 0.982. The molecule has 7 nitrogen and oxygen atoms in total. The van der Waals surface area contributed by atoms with Crippen LogP contribution in [-0.2, 0) is 13.1 Å². The quantitative estimate of drug-likeness (QED) is 0.591. The van der Waals surface area contributed by atoms with Gasteiger partial charge in [0.25, 0.3) is 5.56 Å². The van der Waals surface area contributed by atoms with E-state index in [1.807, 2.05) is 6.92 Å². The van der Waals surface area contributed by atoms with Crippen LogP contribution in [0.5, 0.6) is 5.75 Å². The summed E-state index contributed by atoms with van der Waals surface area (Å²) in [6, 6.07) is 7.93. The Hall–Kier alpha value is -2.29.